The highest BCUT2D eigenvalue weighted by Crippen LogP contribution is 2.27. The zero-order chi connectivity index (χ0) is 13.4. The van der Waals surface area contributed by atoms with Crippen LogP contribution in [-0.2, 0) is 0 Å². The van der Waals surface area contributed by atoms with Gasteiger partial charge in [0.2, 0.25) is 5.89 Å². The molecule has 0 amide bonds. The average Bonchev–Trinajstić information content (AvgIpc) is 2.82. The van der Waals surface area contributed by atoms with Crippen molar-refractivity contribution in [1.29, 1.82) is 0 Å². The number of rotatable bonds is 2. The fourth-order valence-electron chi connectivity index (χ4n) is 2.41. The summed E-state index contributed by atoms with van der Waals surface area (Å²) in [6.07, 6.45) is 3.23. The molecular formula is C16H20N2O. The molecule has 1 aromatic heterocycles. The zero-order valence-corrected chi connectivity index (χ0v) is 11.8. The van der Waals surface area contributed by atoms with Crippen LogP contribution in [0.3, 0.4) is 0 Å². The molecule has 3 rings (SSSR count). The predicted molar refractivity (Wildman–Crippen MR) is 78.2 cm³/mol. The van der Waals surface area contributed by atoms with E-state index in [9.17, 15) is 0 Å². The third-order valence-electron chi connectivity index (χ3n) is 3.77. The second kappa shape index (κ2) is 4.82. The molecule has 3 heteroatoms. The van der Waals surface area contributed by atoms with Crippen molar-refractivity contribution >= 4 is 16.7 Å². The van der Waals surface area contributed by atoms with Gasteiger partial charge in [-0.2, -0.15) is 0 Å². The molecule has 1 aliphatic heterocycles. The van der Waals surface area contributed by atoms with Crippen LogP contribution in [0.15, 0.2) is 28.7 Å². The van der Waals surface area contributed by atoms with Crippen LogP contribution in [0.1, 0.15) is 37.6 Å². The zero-order valence-electron chi connectivity index (χ0n) is 11.8. The van der Waals surface area contributed by atoms with Gasteiger partial charge in [0.05, 0.1) is 0 Å². The van der Waals surface area contributed by atoms with Gasteiger partial charge in [-0.15, -0.1) is 0 Å². The Balaban J connectivity index is 1.97. The highest BCUT2D eigenvalue weighted by Gasteiger charge is 2.15. The van der Waals surface area contributed by atoms with E-state index in [2.05, 4.69) is 49.0 Å². The van der Waals surface area contributed by atoms with Crippen LogP contribution in [0.2, 0.25) is 0 Å². The van der Waals surface area contributed by atoms with Gasteiger partial charge in [-0.1, -0.05) is 26.0 Å². The Kier molecular flexibility index (Phi) is 3.15. The summed E-state index contributed by atoms with van der Waals surface area (Å²) in [7, 11) is 2.13. The van der Waals surface area contributed by atoms with Gasteiger partial charge in [0.1, 0.15) is 5.52 Å². The summed E-state index contributed by atoms with van der Waals surface area (Å²) in [5.41, 5.74) is 4.41. The van der Waals surface area contributed by atoms with Gasteiger partial charge in [-0.05, 0) is 37.1 Å². The molecule has 1 aromatic carbocycles. The van der Waals surface area contributed by atoms with E-state index in [-0.39, 0.29) is 0 Å². The Bertz CT molecular complexity index is 625. The van der Waals surface area contributed by atoms with Gasteiger partial charge in [0.25, 0.3) is 0 Å². The molecule has 0 fully saturated rings. The lowest BCUT2D eigenvalue weighted by Crippen LogP contribution is -2.23. The molecule has 0 atom stereocenters. The SMILES string of the molecule is CC(C)c1ccc2oc(C3=CCN(C)CC3)nc2c1. The number of nitrogens with zero attached hydrogens (tertiary/aromatic N) is 2. The third-order valence-corrected chi connectivity index (χ3v) is 3.77. The third kappa shape index (κ3) is 2.43. The van der Waals surface area contributed by atoms with Crippen molar-refractivity contribution in [2.45, 2.75) is 26.2 Å². The second-order valence-corrected chi connectivity index (χ2v) is 5.64. The second-order valence-electron chi connectivity index (χ2n) is 5.64. The highest BCUT2D eigenvalue weighted by atomic mass is 16.3. The minimum atomic E-state index is 0.520. The lowest BCUT2D eigenvalue weighted by molar-refractivity contribution is 0.367. The maximum absolute atomic E-state index is 5.88. The Morgan fingerprint density at radius 3 is 2.84 bits per heavy atom. The van der Waals surface area contributed by atoms with Crippen molar-refractivity contribution in [3.63, 3.8) is 0 Å². The van der Waals surface area contributed by atoms with Gasteiger partial charge in [-0.25, -0.2) is 4.98 Å². The van der Waals surface area contributed by atoms with Crippen molar-refractivity contribution in [2.75, 3.05) is 20.1 Å². The summed E-state index contributed by atoms with van der Waals surface area (Å²) in [4.78, 5) is 6.95. The lowest BCUT2D eigenvalue weighted by Gasteiger charge is -2.20. The molecule has 2 heterocycles. The topological polar surface area (TPSA) is 29.3 Å². The number of oxazole rings is 1. The number of benzene rings is 1. The van der Waals surface area contributed by atoms with Gasteiger partial charge in [0, 0.05) is 18.7 Å². The van der Waals surface area contributed by atoms with Crippen molar-refractivity contribution in [2.24, 2.45) is 0 Å². The van der Waals surface area contributed by atoms with E-state index in [0.29, 0.717) is 5.92 Å². The molecule has 0 spiro atoms. The number of hydrogen-bond acceptors (Lipinski definition) is 3. The standard InChI is InChI=1S/C16H20N2O/c1-11(2)13-4-5-15-14(10-13)17-16(19-15)12-6-8-18(3)9-7-12/h4-6,10-11H,7-9H2,1-3H3. The summed E-state index contributed by atoms with van der Waals surface area (Å²) in [5.74, 6) is 1.32. The maximum Gasteiger partial charge on any atom is 0.222 e. The van der Waals surface area contributed by atoms with E-state index in [1.165, 1.54) is 11.1 Å². The fraction of sp³-hybridized carbons (Fsp3) is 0.438. The summed E-state index contributed by atoms with van der Waals surface area (Å²) in [6.45, 7) is 6.44. The van der Waals surface area contributed by atoms with Gasteiger partial charge in [0.15, 0.2) is 5.58 Å². The molecule has 0 bridgehead atoms. The molecular weight excluding hydrogens is 236 g/mol. The summed E-state index contributed by atoms with van der Waals surface area (Å²) >= 11 is 0. The molecule has 19 heavy (non-hydrogen) atoms. The van der Waals surface area contributed by atoms with Crippen molar-refractivity contribution in [3.05, 3.63) is 35.7 Å². The van der Waals surface area contributed by atoms with Crippen LogP contribution in [0.4, 0.5) is 0 Å². The molecule has 0 radical (unpaired) electrons. The van der Waals surface area contributed by atoms with Crippen molar-refractivity contribution in [1.82, 2.24) is 9.88 Å². The first-order valence-corrected chi connectivity index (χ1v) is 6.92. The first-order valence-electron chi connectivity index (χ1n) is 6.92. The largest absolute Gasteiger partial charge is 0.436 e. The number of aromatic nitrogens is 1. The Labute approximate surface area is 113 Å². The molecule has 0 unspecified atom stereocenters. The molecule has 0 N–H and O–H groups in total. The molecule has 0 aliphatic carbocycles. The van der Waals surface area contributed by atoms with E-state index in [0.717, 1.165) is 36.5 Å². The van der Waals surface area contributed by atoms with Crippen LogP contribution in [-0.4, -0.2) is 30.0 Å². The predicted octanol–water partition coefficient (Wildman–Crippen LogP) is 3.67. The summed E-state index contributed by atoms with van der Waals surface area (Å²) in [6, 6.07) is 6.31. The number of fused-ring (bicyclic) bond motifs is 1. The molecule has 0 saturated heterocycles. The molecule has 100 valence electrons. The van der Waals surface area contributed by atoms with E-state index < -0.39 is 0 Å². The summed E-state index contributed by atoms with van der Waals surface area (Å²) in [5, 5.41) is 0. The van der Waals surface area contributed by atoms with Crippen molar-refractivity contribution < 1.29 is 4.42 Å². The first kappa shape index (κ1) is 12.4. The van der Waals surface area contributed by atoms with E-state index in [4.69, 9.17) is 4.42 Å². The van der Waals surface area contributed by atoms with Crippen LogP contribution in [0.5, 0.6) is 0 Å². The Morgan fingerprint density at radius 2 is 2.16 bits per heavy atom. The quantitative estimate of drug-likeness (QED) is 0.821. The van der Waals surface area contributed by atoms with Crippen LogP contribution < -0.4 is 0 Å². The molecule has 1 aliphatic rings. The maximum atomic E-state index is 5.88. The fourth-order valence-corrected chi connectivity index (χ4v) is 2.41. The monoisotopic (exact) mass is 256 g/mol. The minimum absolute atomic E-state index is 0.520. The van der Waals surface area contributed by atoms with Crippen LogP contribution >= 0.6 is 0 Å². The van der Waals surface area contributed by atoms with E-state index in [1.807, 2.05) is 6.07 Å². The average molecular weight is 256 g/mol. The molecule has 0 saturated carbocycles. The molecule has 2 aromatic rings. The number of hydrogen-bond donors (Lipinski definition) is 0. The smallest absolute Gasteiger partial charge is 0.222 e. The highest BCUT2D eigenvalue weighted by molar-refractivity contribution is 5.76. The summed E-state index contributed by atoms with van der Waals surface area (Å²) < 4.78 is 5.88. The van der Waals surface area contributed by atoms with Crippen LogP contribution in [0, 0.1) is 0 Å². The van der Waals surface area contributed by atoms with E-state index in [1.54, 1.807) is 0 Å². The van der Waals surface area contributed by atoms with Crippen LogP contribution in [0.25, 0.3) is 16.7 Å². The number of likely N-dealkylation sites (N-methyl/N-ethyl adjacent to an activating group) is 1. The Morgan fingerprint density at radius 1 is 1.32 bits per heavy atom. The van der Waals surface area contributed by atoms with Gasteiger partial charge < -0.3 is 9.32 Å². The normalized spacial score (nSPS) is 17.2. The van der Waals surface area contributed by atoms with Gasteiger partial charge in [-0.3, -0.25) is 0 Å². The van der Waals surface area contributed by atoms with Gasteiger partial charge >= 0.3 is 0 Å². The lowest BCUT2D eigenvalue weighted by atomic mass is 10.0. The first-order chi connectivity index (χ1) is 9.13. The van der Waals surface area contributed by atoms with E-state index >= 15 is 0 Å². The molecule has 3 nitrogen and oxygen atoms in total. The Hall–Kier alpha value is -1.61. The van der Waals surface area contributed by atoms with Crippen molar-refractivity contribution in [3.8, 4) is 0 Å². The minimum Gasteiger partial charge on any atom is -0.436 e.